The zero-order valence-corrected chi connectivity index (χ0v) is 18.4. The first-order valence-electron chi connectivity index (χ1n) is 11.3. The molecule has 2 fully saturated rings. The molecule has 168 valence electrons. The van der Waals surface area contributed by atoms with E-state index in [4.69, 9.17) is 24.4 Å². The van der Waals surface area contributed by atoms with E-state index in [0.29, 0.717) is 11.9 Å². The normalized spacial score (nSPS) is 20.3. The molecule has 0 amide bonds. The van der Waals surface area contributed by atoms with Crippen LogP contribution in [0.2, 0.25) is 0 Å². The number of hydrogen-bond donors (Lipinski definition) is 2. The van der Waals surface area contributed by atoms with Gasteiger partial charge >= 0.3 is 0 Å². The van der Waals surface area contributed by atoms with E-state index in [-0.39, 0.29) is 11.9 Å². The van der Waals surface area contributed by atoms with E-state index in [0.717, 1.165) is 56.4 Å². The lowest BCUT2D eigenvalue weighted by atomic mass is 9.76. The highest BCUT2D eigenvalue weighted by molar-refractivity contribution is 5.52. The number of carbonyl (C=O) groups is 1. The van der Waals surface area contributed by atoms with Crippen LogP contribution in [0.4, 0.5) is 5.82 Å². The van der Waals surface area contributed by atoms with Gasteiger partial charge in [0.25, 0.3) is 6.47 Å². The molecule has 1 spiro atoms. The van der Waals surface area contributed by atoms with Crippen molar-refractivity contribution in [3.05, 3.63) is 28.8 Å². The maximum Gasteiger partial charge on any atom is 0.290 e. The minimum atomic E-state index is -0.250. The Labute approximate surface area is 182 Å². The van der Waals surface area contributed by atoms with E-state index >= 15 is 0 Å². The van der Waals surface area contributed by atoms with Crippen molar-refractivity contribution in [2.24, 2.45) is 0 Å². The van der Waals surface area contributed by atoms with Crippen molar-refractivity contribution in [1.82, 2.24) is 25.0 Å². The summed E-state index contributed by atoms with van der Waals surface area (Å²) in [5.74, 6) is 3.46. The number of anilines is 1. The molecule has 0 bridgehead atoms. The molecule has 0 radical (unpaired) electrons. The van der Waals surface area contributed by atoms with Crippen molar-refractivity contribution in [1.29, 1.82) is 0 Å². The summed E-state index contributed by atoms with van der Waals surface area (Å²) in [7, 11) is 0. The molecule has 1 saturated carbocycles. The van der Waals surface area contributed by atoms with Gasteiger partial charge in [0.05, 0.1) is 12.2 Å². The molecule has 2 N–H and O–H groups in total. The average molecular weight is 429 g/mol. The minimum Gasteiger partial charge on any atom is -0.483 e. The number of aryl methyl sites for hydroxylation is 2. The van der Waals surface area contributed by atoms with Crippen LogP contribution in [0.15, 0.2) is 4.52 Å². The molecular weight excluding hydrogens is 396 g/mol. The quantitative estimate of drug-likeness (QED) is 0.709. The average Bonchev–Trinajstić information content (AvgIpc) is 3.47. The van der Waals surface area contributed by atoms with Crippen molar-refractivity contribution >= 4 is 12.3 Å². The number of fused-ring (bicyclic) bond motifs is 2. The highest BCUT2D eigenvalue weighted by Gasteiger charge is 2.44. The maximum atomic E-state index is 8.36. The second-order valence-electron chi connectivity index (χ2n) is 8.96. The molecule has 2 aliphatic carbocycles. The molecule has 2 aromatic rings. The molecule has 31 heavy (non-hydrogen) atoms. The van der Waals surface area contributed by atoms with E-state index in [1.54, 1.807) is 0 Å². The summed E-state index contributed by atoms with van der Waals surface area (Å²) in [6.45, 7) is 6.52. The lowest BCUT2D eigenvalue weighted by Gasteiger charge is -2.39. The van der Waals surface area contributed by atoms with Crippen molar-refractivity contribution in [2.45, 2.75) is 83.2 Å². The highest BCUT2D eigenvalue weighted by atomic mass is 16.5. The minimum absolute atomic E-state index is 0.221. The van der Waals surface area contributed by atoms with Gasteiger partial charge in [-0.25, -0.2) is 9.97 Å². The van der Waals surface area contributed by atoms with Crippen molar-refractivity contribution < 1.29 is 14.4 Å². The monoisotopic (exact) mass is 428 g/mol. The topological polar surface area (TPSA) is 117 Å². The lowest BCUT2D eigenvalue weighted by Crippen LogP contribution is -2.41. The number of aromatic nitrogens is 4. The van der Waals surface area contributed by atoms with Gasteiger partial charge in [0.2, 0.25) is 5.89 Å². The second-order valence-corrected chi connectivity index (χ2v) is 8.96. The van der Waals surface area contributed by atoms with E-state index in [1.807, 2.05) is 13.8 Å². The van der Waals surface area contributed by atoms with Gasteiger partial charge < -0.3 is 14.9 Å². The lowest BCUT2D eigenvalue weighted by molar-refractivity contribution is -0.122. The molecule has 0 aromatic carbocycles. The summed E-state index contributed by atoms with van der Waals surface area (Å²) < 4.78 is 5.11. The Kier molecular flexibility index (Phi) is 6.50. The number of likely N-dealkylation sites (tertiary alicyclic amines) is 1. The zero-order chi connectivity index (χ0) is 21.8. The summed E-state index contributed by atoms with van der Waals surface area (Å²) in [6.07, 6.45) is 9.82. The Balaban J connectivity index is 0.000000730. The van der Waals surface area contributed by atoms with Gasteiger partial charge in [0.15, 0.2) is 5.82 Å². The number of nitrogens with zero attached hydrogens (tertiary/aromatic N) is 5. The fourth-order valence-corrected chi connectivity index (χ4v) is 5.37. The fraction of sp³-hybridized carbons (Fsp3) is 0.682. The largest absolute Gasteiger partial charge is 0.483 e. The molecule has 0 unspecified atom stereocenters. The van der Waals surface area contributed by atoms with Gasteiger partial charge in [0.1, 0.15) is 11.6 Å². The van der Waals surface area contributed by atoms with E-state index in [9.17, 15) is 0 Å². The van der Waals surface area contributed by atoms with E-state index in [2.05, 4.69) is 20.4 Å². The third-order valence-corrected chi connectivity index (χ3v) is 6.92. The van der Waals surface area contributed by atoms with Crippen LogP contribution in [0.25, 0.3) is 0 Å². The first-order valence-corrected chi connectivity index (χ1v) is 11.3. The molecule has 0 atom stereocenters. The Bertz CT molecular complexity index is 901. The molecule has 3 aliphatic rings. The van der Waals surface area contributed by atoms with Crippen LogP contribution in [0, 0.1) is 13.8 Å². The fourth-order valence-electron chi connectivity index (χ4n) is 5.37. The van der Waals surface area contributed by atoms with Gasteiger partial charge in [-0.15, -0.1) is 0 Å². The van der Waals surface area contributed by atoms with Crippen LogP contribution < -0.4 is 5.32 Å². The molecule has 1 aliphatic heterocycles. The predicted octanol–water partition coefficient (Wildman–Crippen LogP) is 3.01. The third-order valence-electron chi connectivity index (χ3n) is 6.92. The summed E-state index contributed by atoms with van der Waals surface area (Å²) in [4.78, 5) is 24.9. The third kappa shape index (κ3) is 4.71. The predicted molar refractivity (Wildman–Crippen MR) is 115 cm³/mol. The number of hydrogen-bond acceptors (Lipinski definition) is 8. The standard InChI is InChI=1S/C21H30N6O.CH2O2/c1-14-22-19-17(20(23-14)25-16-5-3-4-6-16)7-8-21(19)9-11-27(12-10-21)13-18-24-15(2)28-26-18;2-1-3/h16H,3-13H2,1-2H3,(H,22,23,25);1H,(H,2,3). The summed E-state index contributed by atoms with van der Waals surface area (Å²) >= 11 is 0. The van der Waals surface area contributed by atoms with Gasteiger partial charge in [-0.1, -0.05) is 18.0 Å². The zero-order valence-electron chi connectivity index (χ0n) is 18.4. The highest BCUT2D eigenvalue weighted by Crippen LogP contribution is 2.47. The van der Waals surface area contributed by atoms with E-state index in [1.165, 1.54) is 43.4 Å². The van der Waals surface area contributed by atoms with Crippen molar-refractivity contribution in [2.75, 3.05) is 18.4 Å². The summed E-state index contributed by atoms with van der Waals surface area (Å²) in [5, 5.41) is 14.7. The Morgan fingerprint density at radius 1 is 1.16 bits per heavy atom. The number of nitrogens with one attached hydrogen (secondary N) is 1. The van der Waals surface area contributed by atoms with Crippen LogP contribution in [0.1, 0.15) is 73.7 Å². The van der Waals surface area contributed by atoms with Crippen LogP contribution in [0.3, 0.4) is 0 Å². The van der Waals surface area contributed by atoms with Gasteiger partial charge in [0, 0.05) is 23.9 Å². The molecule has 5 rings (SSSR count). The van der Waals surface area contributed by atoms with Crippen LogP contribution >= 0.6 is 0 Å². The van der Waals surface area contributed by atoms with Crippen molar-refractivity contribution in [3.8, 4) is 0 Å². The molecular formula is C22H32N6O3. The Hall–Kier alpha value is -2.55. The van der Waals surface area contributed by atoms with E-state index < -0.39 is 0 Å². The van der Waals surface area contributed by atoms with Crippen LogP contribution in [-0.2, 0) is 23.2 Å². The molecule has 1 saturated heterocycles. The van der Waals surface area contributed by atoms with Gasteiger partial charge in [-0.3, -0.25) is 9.69 Å². The van der Waals surface area contributed by atoms with Crippen LogP contribution in [0.5, 0.6) is 0 Å². The number of rotatable bonds is 4. The molecule has 9 heteroatoms. The Morgan fingerprint density at radius 2 is 1.87 bits per heavy atom. The van der Waals surface area contributed by atoms with Crippen LogP contribution in [-0.4, -0.2) is 55.7 Å². The number of carboxylic acid groups (broad SMARTS) is 1. The second kappa shape index (κ2) is 9.30. The smallest absolute Gasteiger partial charge is 0.290 e. The SMILES string of the molecule is Cc1nc(NC2CCCC2)c2c(n1)C1(CC2)CCN(Cc2noc(C)n2)CC1.O=CO. The van der Waals surface area contributed by atoms with Crippen molar-refractivity contribution in [3.63, 3.8) is 0 Å². The first kappa shape index (κ1) is 21.7. The molecule has 2 aromatic heterocycles. The summed E-state index contributed by atoms with van der Waals surface area (Å²) in [5.41, 5.74) is 2.94. The Morgan fingerprint density at radius 3 is 2.52 bits per heavy atom. The summed E-state index contributed by atoms with van der Waals surface area (Å²) in [6, 6.07) is 0.593. The van der Waals surface area contributed by atoms with Gasteiger partial charge in [-0.05, 0) is 58.5 Å². The molecule has 3 heterocycles. The maximum absolute atomic E-state index is 8.36. The number of piperidine rings is 1. The first-order chi connectivity index (χ1) is 15.0. The molecule has 9 nitrogen and oxygen atoms in total. The van der Waals surface area contributed by atoms with Gasteiger partial charge in [-0.2, -0.15) is 4.98 Å².